The molecule has 0 radical (unpaired) electrons. The number of amides is 2. The zero-order valence-corrected chi connectivity index (χ0v) is 11.5. The largest absolute Gasteiger partial charge is 0.389 e. The average molecular weight is 272 g/mol. The summed E-state index contributed by atoms with van der Waals surface area (Å²) in [5, 5.41) is 14.7. The smallest absolute Gasteiger partial charge is 0.223 e. The molecule has 0 saturated heterocycles. The van der Waals surface area contributed by atoms with E-state index >= 15 is 0 Å². The molecule has 2 amide bonds. The Morgan fingerprint density at radius 3 is 2.63 bits per heavy atom. The summed E-state index contributed by atoms with van der Waals surface area (Å²) in [6.07, 6.45) is 3.70. The van der Waals surface area contributed by atoms with Gasteiger partial charge in [0.2, 0.25) is 11.8 Å². The van der Waals surface area contributed by atoms with Gasteiger partial charge in [-0.2, -0.15) is 0 Å². The van der Waals surface area contributed by atoms with Gasteiger partial charge < -0.3 is 20.5 Å². The Bertz CT molecular complexity index is 290. The van der Waals surface area contributed by atoms with Crippen LogP contribution in [-0.4, -0.2) is 49.8 Å². The molecule has 6 nitrogen and oxygen atoms in total. The van der Waals surface area contributed by atoms with Crippen molar-refractivity contribution in [3.8, 4) is 0 Å². The van der Waals surface area contributed by atoms with Gasteiger partial charge in [0, 0.05) is 32.5 Å². The number of methoxy groups -OCH3 is 1. The minimum absolute atomic E-state index is 0.0599. The minimum Gasteiger partial charge on any atom is -0.389 e. The Morgan fingerprint density at radius 2 is 2.00 bits per heavy atom. The van der Waals surface area contributed by atoms with E-state index in [9.17, 15) is 14.7 Å². The van der Waals surface area contributed by atoms with Crippen molar-refractivity contribution in [2.24, 2.45) is 5.92 Å². The predicted molar refractivity (Wildman–Crippen MR) is 70.5 cm³/mol. The van der Waals surface area contributed by atoms with Gasteiger partial charge in [0.15, 0.2) is 0 Å². The molecule has 1 rings (SSSR count). The van der Waals surface area contributed by atoms with Crippen molar-refractivity contribution in [2.45, 2.75) is 38.2 Å². The SMILES string of the molecule is COCC(O)CNC(=O)CCNC(=O)C1CCCC1. The lowest BCUT2D eigenvalue weighted by atomic mass is 10.1. The number of carbonyl (C=O) groups is 2. The summed E-state index contributed by atoms with van der Waals surface area (Å²) in [5.41, 5.74) is 0. The zero-order valence-electron chi connectivity index (χ0n) is 11.5. The number of carbonyl (C=O) groups excluding carboxylic acids is 2. The van der Waals surface area contributed by atoms with Crippen LogP contribution in [0.4, 0.5) is 0 Å². The highest BCUT2D eigenvalue weighted by Gasteiger charge is 2.22. The van der Waals surface area contributed by atoms with Crippen LogP contribution in [0.1, 0.15) is 32.1 Å². The molecule has 19 heavy (non-hydrogen) atoms. The molecule has 0 aromatic carbocycles. The lowest BCUT2D eigenvalue weighted by Gasteiger charge is -2.12. The third kappa shape index (κ3) is 6.54. The molecule has 3 N–H and O–H groups in total. The van der Waals surface area contributed by atoms with E-state index in [4.69, 9.17) is 4.74 Å². The van der Waals surface area contributed by atoms with E-state index in [-0.39, 0.29) is 37.3 Å². The third-order valence-corrected chi connectivity index (χ3v) is 3.27. The van der Waals surface area contributed by atoms with Crippen LogP contribution in [0.5, 0.6) is 0 Å². The molecular formula is C13H24N2O4. The quantitative estimate of drug-likeness (QED) is 0.571. The molecule has 6 heteroatoms. The fraction of sp³-hybridized carbons (Fsp3) is 0.846. The van der Waals surface area contributed by atoms with E-state index in [0.717, 1.165) is 25.7 Å². The Kier molecular flexibility index (Phi) is 7.43. The molecule has 0 aromatic rings. The second-order valence-corrected chi connectivity index (χ2v) is 4.94. The van der Waals surface area contributed by atoms with Crippen LogP contribution >= 0.6 is 0 Å². The molecule has 1 unspecified atom stereocenters. The van der Waals surface area contributed by atoms with Crippen LogP contribution in [0.3, 0.4) is 0 Å². The number of ether oxygens (including phenoxy) is 1. The average Bonchev–Trinajstić information content (AvgIpc) is 2.90. The summed E-state index contributed by atoms with van der Waals surface area (Å²) in [6.45, 7) is 0.712. The van der Waals surface area contributed by atoms with Crippen molar-refractivity contribution in [2.75, 3.05) is 26.8 Å². The number of rotatable bonds is 8. The second kappa shape index (κ2) is 8.87. The Hall–Kier alpha value is -1.14. The molecule has 0 aliphatic heterocycles. The van der Waals surface area contributed by atoms with Crippen molar-refractivity contribution in [3.63, 3.8) is 0 Å². The predicted octanol–water partition coefficient (Wildman–Crippen LogP) is -0.194. The third-order valence-electron chi connectivity index (χ3n) is 3.27. The summed E-state index contributed by atoms with van der Waals surface area (Å²) in [6, 6.07) is 0. The van der Waals surface area contributed by atoms with E-state index in [2.05, 4.69) is 10.6 Å². The highest BCUT2D eigenvalue weighted by atomic mass is 16.5. The molecule has 1 atom stereocenters. The Labute approximate surface area is 113 Å². The van der Waals surface area contributed by atoms with Gasteiger partial charge >= 0.3 is 0 Å². The summed E-state index contributed by atoms with van der Waals surface area (Å²) in [4.78, 5) is 23.1. The Balaban J connectivity index is 2.04. The van der Waals surface area contributed by atoms with Gasteiger partial charge in [0.05, 0.1) is 12.7 Å². The normalized spacial score (nSPS) is 17.2. The van der Waals surface area contributed by atoms with Crippen LogP contribution in [0.2, 0.25) is 0 Å². The number of nitrogens with one attached hydrogen (secondary N) is 2. The summed E-state index contributed by atoms with van der Waals surface area (Å²) in [5.74, 6) is 0.0122. The van der Waals surface area contributed by atoms with Crippen LogP contribution in [-0.2, 0) is 14.3 Å². The van der Waals surface area contributed by atoms with Crippen molar-refractivity contribution < 1.29 is 19.4 Å². The van der Waals surface area contributed by atoms with Crippen LogP contribution < -0.4 is 10.6 Å². The van der Waals surface area contributed by atoms with Gasteiger partial charge in [-0.25, -0.2) is 0 Å². The zero-order chi connectivity index (χ0) is 14.1. The van der Waals surface area contributed by atoms with Gasteiger partial charge in [0.1, 0.15) is 0 Å². The van der Waals surface area contributed by atoms with Gasteiger partial charge in [-0.1, -0.05) is 12.8 Å². The van der Waals surface area contributed by atoms with Gasteiger partial charge in [0.25, 0.3) is 0 Å². The fourth-order valence-electron chi connectivity index (χ4n) is 2.20. The molecule has 0 aromatic heterocycles. The molecule has 110 valence electrons. The maximum atomic E-state index is 11.7. The first-order valence-electron chi connectivity index (χ1n) is 6.85. The summed E-state index contributed by atoms with van der Waals surface area (Å²) in [7, 11) is 1.49. The maximum absolute atomic E-state index is 11.7. The van der Waals surface area contributed by atoms with E-state index in [0.29, 0.717) is 6.54 Å². The second-order valence-electron chi connectivity index (χ2n) is 4.94. The van der Waals surface area contributed by atoms with E-state index in [1.807, 2.05) is 0 Å². The van der Waals surface area contributed by atoms with Gasteiger partial charge in [-0.05, 0) is 12.8 Å². The first kappa shape index (κ1) is 15.9. The van der Waals surface area contributed by atoms with Crippen LogP contribution in [0.15, 0.2) is 0 Å². The van der Waals surface area contributed by atoms with Crippen molar-refractivity contribution in [3.05, 3.63) is 0 Å². The molecule has 1 aliphatic carbocycles. The minimum atomic E-state index is -0.693. The first-order chi connectivity index (χ1) is 9.13. The number of hydrogen-bond acceptors (Lipinski definition) is 4. The summed E-state index contributed by atoms with van der Waals surface area (Å²) >= 11 is 0. The van der Waals surface area contributed by atoms with Crippen LogP contribution in [0.25, 0.3) is 0 Å². The Morgan fingerprint density at radius 1 is 1.32 bits per heavy atom. The van der Waals surface area contributed by atoms with Crippen molar-refractivity contribution >= 4 is 11.8 Å². The lowest BCUT2D eigenvalue weighted by molar-refractivity contribution is -0.125. The maximum Gasteiger partial charge on any atom is 0.223 e. The molecule has 0 spiro atoms. The molecule has 1 aliphatic rings. The first-order valence-corrected chi connectivity index (χ1v) is 6.85. The number of hydrogen-bond donors (Lipinski definition) is 3. The molecule has 0 heterocycles. The number of aliphatic hydroxyl groups is 1. The highest BCUT2D eigenvalue weighted by molar-refractivity contribution is 5.80. The summed E-state index contributed by atoms with van der Waals surface area (Å²) < 4.78 is 4.75. The van der Waals surface area contributed by atoms with E-state index in [1.165, 1.54) is 7.11 Å². The van der Waals surface area contributed by atoms with Gasteiger partial charge in [-0.15, -0.1) is 0 Å². The topological polar surface area (TPSA) is 87.7 Å². The molecule has 1 fully saturated rings. The molecular weight excluding hydrogens is 248 g/mol. The highest BCUT2D eigenvalue weighted by Crippen LogP contribution is 2.24. The fourth-order valence-corrected chi connectivity index (χ4v) is 2.20. The number of aliphatic hydroxyl groups excluding tert-OH is 1. The van der Waals surface area contributed by atoms with Crippen molar-refractivity contribution in [1.82, 2.24) is 10.6 Å². The monoisotopic (exact) mass is 272 g/mol. The van der Waals surface area contributed by atoms with Crippen molar-refractivity contribution in [1.29, 1.82) is 0 Å². The van der Waals surface area contributed by atoms with E-state index < -0.39 is 6.10 Å². The van der Waals surface area contributed by atoms with Crippen LogP contribution in [0, 0.1) is 5.92 Å². The standard InChI is InChI=1S/C13H24N2O4/c1-19-9-11(16)8-15-12(17)6-7-14-13(18)10-4-2-3-5-10/h10-11,16H,2-9H2,1H3,(H,14,18)(H,15,17). The van der Waals surface area contributed by atoms with E-state index in [1.54, 1.807) is 0 Å². The molecule has 1 saturated carbocycles. The van der Waals surface area contributed by atoms with Gasteiger partial charge in [-0.3, -0.25) is 9.59 Å². The lowest BCUT2D eigenvalue weighted by Crippen LogP contribution is -2.37. The molecule has 0 bridgehead atoms.